The first kappa shape index (κ1) is 16.1. The molecule has 1 aromatic rings. The standard InChI is InChI=1S/C15H21FN2O2S/c1-10-4-3-7-18(13(10)9-19)15(20)17-11-5-6-14(21-2)12(16)8-11/h5-6,8,10,13,19H,3-4,7,9H2,1-2H3,(H,17,20). The molecule has 1 aromatic carbocycles. The molecule has 116 valence electrons. The smallest absolute Gasteiger partial charge is 0.322 e. The number of carbonyl (C=O) groups excluding carboxylic acids is 1. The number of nitrogens with one attached hydrogen (secondary N) is 1. The molecule has 0 aromatic heterocycles. The van der Waals surface area contributed by atoms with Crippen LogP contribution in [0.1, 0.15) is 19.8 Å². The van der Waals surface area contributed by atoms with E-state index in [0.29, 0.717) is 17.1 Å². The van der Waals surface area contributed by atoms with Crippen LogP contribution in [-0.4, -0.2) is 41.5 Å². The van der Waals surface area contributed by atoms with Gasteiger partial charge in [0.15, 0.2) is 0 Å². The molecule has 0 radical (unpaired) electrons. The molecule has 1 aliphatic rings. The quantitative estimate of drug-likeness (QED) is 0.843. The summed E-state index contributed by atoms with van der Waals surface area (Å²) >= 11 is 1.32. The van der Waals surface area contributed by atoms with Crippen molar-refractivity contribution < 1.29 is 14.3 Å². The van der Waals surface area contributed by atoms with Crippen molar-refractivity contribution in [3.05, 3.63) is 24.0 Å². The molecular weight excluding hydrogens is 291 g/mol. The van der Waals surface area contributed by atoms with Gasteiger partial charge in [0.1, 0.15) is 5.82 Å². The second-order valence-electron chi connectivity index (χ2n) is 5.34. The van der Waals surface area contributed by atoms with E-state index in [1.54, 1.807) is 23.3 Å². The van der Waals surface area contributed by atoms with E-state index >= 15 is 0 Å². The van der Waals surface area contributed by atoms with Gasteiger partial charge in [0.05, 0.1) is 12.6 Å². The Morgan fingerprint density at radius 2 is 2.33 bits per heavy atom. The second kappa shape index (κ2) is 7.13. The molecule has 1 saturated heterocycles. The summed E-state index contributed by atoms with van der Waals surface area (Å²) in [4.78, 5) is 14.5. The molecular formula is C15H21FN2O2S. The van der Waals surface area contributed by atoms with Gasteiger partial charge in [0, 0.05) is 17.1 Å². The van der Waals surface area contributed by atoms with Crippen molar-refractivity contribution in [3.63, 3.8) is 0 Å². The zero-order valence-electron chi connectivity index (χ0n) is 12.3. The summed E-state index contributed by atoms with van der Waals surface area (Å²) in [5.41, 5.74) is 0.435. The number of hydrogen-bond acceptors (Lipinski definition) is 3. The van der Waals surface area contributed by atoms with Crippen LogP contribution in [0.4, 0.5) is 14.9 Å². The second-order valence-corrected chi connectivity index (χ2v) is 6.19. The lowest BCUT2D eigenvalue weighted by atomic mass is 9.91. The van der Waals surface area contributed by atoms with Gasteiger partial charge in [-0.2, -0.15) is 0 Å². The summed E-state index contributed by atoms with van der Waals surface area (Å²) in [5, 5.41) is 12.2. The summed E-state index contributed by atoms with van der Waals surface area (Å²) in [5.74, 6) is -0.0730. The van der Waals surface area contributed by atoms with Crippen LogP contribution >= 0.6 is 11.8 Å². The third-order valence-electron chi connectivity index (χ3n) is 3.97. The fourth-order valence-corrected chi connectivity index (χ4v) is 3.18. The van der Waals surface area contributed by atoms with Gasteiger partial charge in [-0.25, -0.2) is 9.18 Å². The number of benzene rings is 1. The Hall–Kier alpha value is -1.27. The molecule has 1 aliphatic heterocycles. The molecule has 2 atom stereocenters. The molecule has 0 aliphatic carbocycles. The summed E-state index contributed by atoms with van der Waals surface area (Å²) in [6, 6.07) is 4.21. The van der Waals surface area contributed by atoms with Gasteiger partial charge in [-0.05, 0) is 43.2 Å². The van der Waals surface area contributed by atoms with Crippen molar-refractivity contribution in [2.75, 3.05) is 24.7 Å². The highest BCUT2D eigenvalue weighted by Gasteiger charge is 2.31. The zero-order valence-corrected chi connectivity index (χ0v) is 13.1. The van der Waals surface area contributed by atoms with Crippen LogP contribution < -0.4 is 5.32 Å². The minimum atomic E-state index is -0.342. The topological polar surface area (TPSA) is 52.6 Å². The fourth-order valence-electron chi connectivity index (χ4n) is 2.72. The van der Waals surface area contributed by atoms with E-state index in [9.17, 15) is 14.3 Å². The Balaban J connectivity index is 2.08. The summed E-state index contributed by atoms with van der Waals surface area (Å²) in [6.07, 6.45) is 3.73. The predicted molar refractivity (Wildman–Crippen MR) is 83.2 cm³/mol. The van der Waals surface area contributed by atoms with Crippen LogP contribution in [0, 0.1) is 11.7 Å². The maximum absolute atomic E-state index is 13.7. The van der Waals surface area contributed by atoms with Crippen molar-refractivity contribution in [2.45, 2.75) is 30.7 Å². The average Bonchev–Trinajstić information content (AvgIpc) is 2.47. The predicted octanol–water partition coefficient (Wildman–Crippen LogP) is 3.17. The summed E-state index contributed by atoms with van der Waals surface area (Å²) in [7, 11) is 0. The van der Waals surface area contributed by atoms with E-state index in [1.165, 1.54) is 17.8 Å². The molecule has 4 nitrogen and oxygen atoms in total. The number of thioether (sulfide) groups is 1. The maximum atomic E-state index is 13.7. The molecule has 2 amide bonds. The number of nitrogens with zero attached hydrogens (tertiary/aromatic N) is 1. The largest absolute Gasteiger partial charge is 0.394 e. The number of anilines is 1. The van der Waals surface area contributed by atoms with Gasteiger partial charge in [0.2, 0.25) is 0 Å². The first-order valence-electron chi connectivity index (χ1n) is 7.08. The molecule has 0 saturated carbocycles. The Morgan fingerprint density at radius 3 is 2.95 bits per heavy atom. The van der Waals surface area contributed by atoms with Crippen molar-refractivity contribution in [2.24, 2.45) is 5.92 Å². The lowest BCUT2D eigenvalue weighted by Crippen LogP contribution is -2.51. The molecule has 2 unspecified atom stereocenters. The number of aliphatic hydroxyl groups excluding tert-OH is 1. The number of amides is 2. The fraction of sp³-hybridized carbons (Fsp3) is 0.533. The number of hydrogen-bond donors (Lipinski definition) is 2. The number of carbonyl (C=O) groups is 1. The van der Waals surface area contributed by atoms with Crippen LogP contribution in [0.2, 0.25) is 0 Å². The van der Waals surface area contributed by atoms with Crippen molar-refractivity contribution in [3.8, 4) is 0 Å². The van der Waals surface area contributed by atoms with Crippen molar-refractivity contribution in [1.82, 2.24) is 4.90 Å². The minimum absolute atomic E-state index is 0.0473. The monoisotopic (exact) mass is 312 g/mol. The number of aliphatic hydroxyl groups is 1. The number of likely N-dealkylation sites (tertiary alicyclic amines) is 1. The van der Waals surface area contributed by atoms with Crippen LogP contribution in [0.25, 0.3) is 0 Å². The number of urea groups is 1. The Morgan fingerprint density at radius 1 is 1.57 bits per heavy atom. The Kier molecular flexibility index (Phi) is 5.47. The molecule has 0 bridgehead atoms. The number of piperidine rings is 1. The molecule has 6 heteroatoms. The first-order valence-corrected chi connectivity index (χ1v) is 8.31. The van der Waals surface area contributed by atoms with Gasteiger partial charge < -0.3 is 15.3 Å². The Labute approximate surface area is 128 Å². The van der Waals surface area contributed by atoms with E-state index < -0.39 is 0 Å². The molecule has 2 N–H and O–H groups in total. The highest BCUT2D eigenvalue weighted by atomic mass is 32.2. The summed E-state index contributed by atoms with van der Waals surface area (Å²) in [6.45, 7) is 2.61. The van der Waals surface area contributed by atoms with Crippen LogP contribution in [0.3, 0.4) is 0 Å². The number of rotatable bonds is 3. The van der Waals surface area contributed by atoms with Gasteiger partial charge in [0.25, 0.3) is 0 Å². The zero-order chi connectivity index (χ0) is 15.4. The normalized spacial score (nSPS) is 22.2. The highest BCUT2D eigenvalue weighted by molar-refractivity contribution is 7.98. The molecule has 1 fully saturated rings. The first-order chi connectivity index (χ1) is 10.1. The lowest BCUT2D eigenvalue weighted by Gasteiger charge is -2.38. The van der Waals surface area contributed by atoms with Crippen LogP contribution in [-0.2, 0) is 0 Å². The van der Waals surface area contributed by atoms with Gasteiger partial charge in [-0.1, -0.05) is 6.92 Å². The summed E-state index contributed by atoms with van der Waals surface area (Å²) < 4.78 is 13.7. The van der Waals surface area contributed by atoms with E-state index in [-0.39, 0.29) is 30.4 Å². The molecule has 21 heavy (non-hydrogen) atoms. The Bertz CT molecular complexity index is 512. The van der Waals surface area contributed by atoms with Crippen molar-refractivity contribution >= 4 is 23.5 Å². The highest BCUT2D eigenvalue weighted by Crippen LogP contribution is 2.25. The third-order valence-corrected chi connectivity index (χ3v) is 4.74. The SMILES string of the molecule is CSc1ccc(NC(=O)N2CCCC(C)C2CO)cc1F. The van der Waals surface area contributed by atoms with E-state index in [4.69, 9.17) is 0 Å². The van der Waals surface area contributed by atoms with Gasteiger partial charge in [-0.15, -0.1) is 11.8 Å². The minimum Gasteiger partial charge on any atom is -0.394 e. The van der Waals surface area contributed by atoms with E-state index in [1.807, 2.05) is 6.92 Å². The third kappa shape index (κ3) is 3.68. The van der Waals surface area contributed by atoms with Gasteiger partial charge >= 0.3 is 6.03 Å². The van der Waals surface area contributed by atoms with E-state index in [0.717, 1.165) is 12.8 Å². The number of halogens is 1. The van der Waals surface area contributed by atoms with E-state index in [2.05, 4.69) is 5.32 Å². The lowest BCUT2D eigenvalue weighted by molar-refractivity contribution is 0.0811. The average molecular weight is 312 g/mol. The maximum Gasteiger partial charge on any atom is 0.322 e. The van der Waals surface area contributed by atoms with Crippen LogP contribution in [0.15, 0.2) is 23.1 Å². The van der Waals surface area contributed by atoms with Crippen LogP contribution in [0.5, 0.6) is 0 Å². The molecule has 2 rings (SSSR count). The van der Waals surface area contributed by atoms with Gasteiger partial charge in [-0.3, -0.25) is 0 Å². The molecule has 0 spiro atoms. The van der Waals surface area contributed by atoms with Crippen molar-refractivity contribution in [1.29, 1.82) is 0 Å². The molecule has 1 heterocycles.